The van der Waals surface area contributed by atoms with Crippen molar-refractivity contribution >= 4 is 5.69 Å². The zero-order valence-corrected chi connectivity index (χ0v) is 10.3. The zero-order valence-electron chi connectivity index (χ0n) is 10.3. The molecule has 6 heteroatoms. The molecule has 2 rings (SSSR count). The molecule has 0 aliphatic rings. The summed E-state index contributed by atoms with van der Waals surface area (Å²) < 4.78 is 19.0. The van der Waals surface area contributed by atoms with Gasteiger partial charge in [0.05, 0.1) is 11.0 Å². The number of nitro groups is 1. The molecule has 5 nitrogen and oxygen atoms in total. The van der Waals surface area contributed by atoms with Crippen LogP contribution in [-0.4, -0.2) is 4.92 Å². The van der Waals surface area contributed by atoms with E-state index in [9.17, 15) is 14.5 Å². The van der Waals surface area contributed by atoms with Gasteiger partial charge in [0.15, 0.2) is 0 Å². The van der Waals surface area contributed by atoms with Crippen LogP contribution in [-0.2, 0) is 0 Å². The molecule has 19 heavy (non-hydrogen) atoms. The molecule has 0 radical (unpaired) electrons. The molecule has 0 bridgehead atoms. The van der Waals surface area contributed by atoms with E-state index < -0.39 is 16.4 Å². The molecule has 2 N–H and O–H groups in total. The summed E-state index contributed by atoms with van der Waals surface area (Å²) in [5, 5.41) is 10.5. The van der Waals surface area contributed by atoms with Crippen LogP contribution in [0, 0.1) is 15.9 Å². The van der Waals surface area contributed by atoms with Crippen molar-refractivity contribution in [1.82, 2.24) is 0 Å². The lowest BCUT2D eigenvalue weighted by molar-refractivity contribution is -0.387. The van der Waals surface area contributed by atoms with Gasteiger partial charge in [0.1, 0.15) is 11.5 Å². The highest BCUT2D eigenvalue weighted by molar-refractivity contribution is 5.60. The molecule has 1 aromatic heterocycles. The van der Waals surface area contributed by atoms with Crippen LogP contribution in [0.5, 0.6) is 0 Å². The largest absolute Gasteiger partial charge is 0.459 e. The molecule has 100 valence electrons. The van der Waals surface area contributed by atoms with E-state index in [1.165, 1.54) is 6.07 Å². The second kappa shape index (κ2) is 5.19. The van der Waals surface area contributed by atoms with E-state index >= 15 is 0 Å². The molecule has 1 atom stereocenters. The summed E-state index contributed by atoms with van der Waals surface area (Å²) in [5.41, 5.74) is 5.71. The third-order valence-electron chi connectivity index (χ3n) is 2.86. The number of furan rings is 1. The van der Waals surface area contributed by atoms with Crippen LogP contribution < -0.4 is 5.73 Å². The Kier molecular flexibility index (Phi) is 3.62. The SMILES string of the molecule is CCC(N)c1ccc(-c2ccc([N+](=O)[O-])c(F)c2)o1. The average molecular weight is 264 g/mol. The molecule has 1 aromatic carbocycles. The Balaban J connectivity index is 2.35. The first-order valence-corrected chi connectivity index (χ1v) is 5.82. The second-order valence-corrected chi connectivity index (χ2v) is 4.14. The van der Waals surface area contributed by atoms with Gasteiger partial charge in [-0.2, -0.15) is 4.39 Å². The van der Waals surface area contributed by atoms with Crippen molar-refractivity contribution < 1.29 is 13.7 Å². The van der Waals surface area contributed by atoms with Crippen molar-refractivity contribution in [3.8, 4) is 11.3 Å². The second-order valence-electron chi connectivity index (χ2n) is 4.14. The van der Waals surface area contributed by atoms with Crippen LogP contribution >= 0.6 is 0 Å². The standard InChI is InChI=1S/C13H13FN2O3/c1-2-10(15)13-6-5-12(19-13)8-3-4-11(16(17)18)9(14)7-8/h3-7,10H,2,15H2,1H3. The lowest BCUT2D eigenvalue weighted by Gasteiger charge is -2.04. The van der Waals surface area contributed by atoms with Crippen LogP contribution in [0.4, 0.5) is 10.1 Å². The molecule has 0 aliphatic heterocycles. The third-order valence-corrected chi connectivity index (χ3v) is 2.86. The average Bonchev–Trinajstić information content (AvgIpc) is 2.86. The monoisotopic (exact) mass is 264 g/mol. The number of nitro benzene ring substituents is 1. The summed E-state index contributed by atoms with van der Waals surface area (Å²) in [4.78, 5) is 9.76. The normalized spacial score (nSPS) is 12.4. The smallest absolute Gasteiger partial charge is 0.304 e. The Bertz CT molecular complexity index is 610. The summed E-state index contributed by atoms with van der Waals surface area (Å²) in [7, 11) is 0. The summed E-state index contributed by atoms with van der Waals surface area (Å²) in [5.74, 6) is 0.157. The van der Waals surface area contributed by atoms with Crippen molar-refractivity contribution in [2.24, 2.45) is 5.73 Å². The molecule has 1 unspecified atom stereocenters. The van der Waals surface area contributed by atoms with Crippen molar-refractivity contribution in [1.29, 1.82) is 0 Å². The lowest BCUT2D eigenvalue weighted by Crippen LogP contribution is -2.06. The Morgan fingerprint density at radius 3 is 2.74 bits per heavy atom. The fourth-order valence-corrected chi connectivity index (χ4v) is 1.72. The molecular weight excluding hydrogens is 251 g/mol. The van der Waals surface area contributed by atoms with E-state index in [2.05, 4.69) is 0 Å². The van der Waals surface area contributed by atoms with E-state index in [1.807, 2.05) is 6.92 Å². The number of rotatable bonds is 4. The van der Waals surface area contributed by atoms with Crippen LogP contribution in [0.2, 0.25) is 0 Å². The minimum absolute atomic E-state index is 0.211. The van der Waals surface area contributed by atoms with Crippen LogP contribution in [0.15, 0.2) is 34.7 Å². The summed E-state index contributed by atoms with van der Waals surface area (Å²) in [6, 6.07) is 6.83. The van der Waals surface area contributed by atoms with Crippen LogP contribution in [0.1, 0.15) is 25.1 Å². The van der Waals surface area contributed by atoms with Crippen molar-refractivity contribution in [2.45, 2.75) is 19.4 Å². The van der Waals surface area contributed by atoms with Crippen LogP contribution in [0.25, 0.3) is 11.3 Å². The third kappa shape index (κ3) is 2.63. The molecule has 0 saturated carbocycles. The first-order chi connectivity index (χ1) is 9.02. The molecule has 0 amide bonds. The van der Waals surface area contributed by atoms with E-state index in [-0.39, 0.29) is 6.04 Å². The van der Waals surface area contributed by atoms with Gasteiger partial charge < -0.3 is 10.2 Å². The Hall–Kier alpha value is -2.21. The Morgan fingerprint density at radius 1 is 1.42 bits per heavy atom. The maximum absolute atomic E-state index is 13.5. The maximum Gasteiger partial charge on any atom is 0.304 e. The number of nitrogens with zero attached hydrogens (tertiary/aromatic N) is 1. The highest BCUT2D eigenvalue weighted by atomic mass is 19.1. The lowest BCUT2D eigenvalue weighted by atomic mass is 10.1. The fourth-order valence-electron chi connectivity index (χ4n) is 1.72. The van der Waals surface area contributed by atoms with Gasteiger partial charge in [-0.1, -0.05) is 6.92 Å². The zero-order chi connectivity index (χ0) is 14.0. The van der Waals surface area contributed by atoms with Gasteiger partial charge in [-0.05, 0) is 30.7 Å². The molecule has 0 spiro atoms. The van der Waals surface area contributed by atoms with Gasteiger partial charge in [0.25, 0.3) is 0 Å². The number of nitrogens with two attached hydrogens (primary N) is 1. The quantitative estimate of drug-likeness (QED) is 0.677. The number of benzene rings is 1. The van der Waals surface area contributed by atoms with Gasteiger partial charge in [0, 0.05) is 11.6 Å². The molecule has 0 saturated heterocycles. The maximum atomic E-state index is 13.5. The van der Waals surface area contributed by atoms with Gasteiger partial charge >= 0.3 is 5.69 Å². The summed E-state index contributed by atoms with van der Waals surface area (Å²) >= 11 is 0. The van der Waals surface area contributed by atoms with E-state index in [4.69, 9.17) is 10.2 Å². The van der Waals surface area contributed by atoms with Gasteiger partial charge in [0.2, 0.25) is 5.82 Å². The number of halogens is 1. The highest BCUT2D eigenvalue weighted by Gasteiger charge is 2.16. The first kappa shape index (κ1) is 13.2. The first-order valence-electron chi connectivity index (χ1n) is 5.82. The predicted molar refractivity (Wildman–Crippen MR) is 68.0 cm³/mol. The summed E-state index contributed by atoms with van der Waals surface area (Å²) in [6.45, 7) is 1.93. The Labute approximate surface area is 109 Å². The van der Waals surface area contributed by atoms with Crippen molar-refractivity contribution in [3.05, 3.63) is 52.0 Å². The molecule has 0 fully saturated rings. The minimum atomic E-state index is -0.889. The fraction of sp³-hybridized carbons (Fsp3) is 0.231. The minimum Gasteiger partial charge on any atom is -0.459 e. The van der Waals surface area contributed by atoms with E-state index in [1.54, 1.807) is 12.1 Å². The number of hydrogen-bond acceptors (Lipinski definition) is 4. The topological polar surface area (TPSA) is 82.3 Å². The molecular formula is C13H13FN2O3. The van der Waals surface area contributed by atoms with E-state index in [0.717, 1.165) is 18.6 Å². The van der Waals surface area contributed by atoms with Gasteiger partial charge in [-0.3, -0.25) is 10.1 Å². The van der Waals surface area contributed by atoms with Crippen molar-refractivity contribution in [2.75, 3.05) is 0 Å². The Morgan fingerprint density at radius 2 is 2.16 bits per heavy atom. The van der Waals surface area contributed by atoms with Gasteiger partial charge in [-0.25, -0.2) is 0 Å². The molecule has 1 heterocycles. The van der Waals surface area contributed by atoms with Crippen molar-refractivity contribution in [3.63, 3.8) is 0 Å². The highest BCUT2D eigenvalue weighted by Crippen LogP contribution is 2.28. The van der Waals surface area contributed by atoms with Gasteiger partial charge in [-0.15, -0.1) is 0 Å². The predicted octanol–water partition coefficient (Wildman–Crippen LogP) is 3.40. The molecule has 0 aliphatic carbocycles. The number of hydrogen-bond donors (Lipinski definition) is 1. The van der Waals surface area contributed by atoms with E-state index in [0.29, 0.717) is 17.1 Å². The van der Waals surface area contributed by atoms with Crippen LogP contribution in [0.3, 0.4) is 0 Å². The summed E-state index contributed by atoms with van der Waals surface area (Å²) in [6.07, 6.45) is 0.724. The molecule has 2 aromatic rings.